The smallest absolute Gasteiger partial charge is 0.229 e. The van der Waals surface area contributed by atoms with Crippen LogP contribution in [-0.2, 0) is 16.1 Å². The fraction of sp³-hybridized carbons (Fsp3) is 0.389. The van der Waals surface area contributed by atoms with Crippen molar-refractivity contribution in [1.29, 1.82) is 0 Å². The van der Waals surface area contributed by atoms with Gasteiger partial charge in [0.25, 0.3) is 0 Å². The maximum absolute atomic E-state index is 13.5. The molecule has 1 aliphatic rings. The van der Waals surface area contributed by atoms with Gasteiger partial charge in [-0.3, -0.25) is 9.69 Å². The van der Waals surface area contributed by atoms with Gasteiger partial charge in [0.05, 0.1) is 28.8 Å². The van der Waals surface area contributed by atoms with Crippen LogP contribution < -0.4 is 4.90 Å². The zero-order chi connectivity index (χ0) is 17.9. The molecular formula is C18H19FN4O2S. The van der Waals surface area contributed by atoms with E-state index in [1.54, 1.807) is 23.5 Å². The molecule has 1 amide bonds. The third kappa shape index (κ3) is 3.76. The number of anilines is 1. The van der Waals surface area contributed by atoms with Gasteiger partial charge < -0.3 is 9.72 Å². The number of hydrogen-bond acceptors (Lipinski definition) is 5. The van der Waals surface area contributed by atoms with Crippen molar-refractivity contribution in [2.75, 3.05) is 18.1 Å². The number of ether oxygens (including phenoxy) is 1. The molecule has 136 valence electrons. The summed E-state index contributed by atoms with van der Waals surface area (Å²) in [5.41, 5.74) is 1.52. The van der Waals surface area contributed by atoms with Crippen LogP contribution in [0.4, 0.5) is 9.52 Å². The fourth-order valence-corrected chi connectivity index (χ4v) is 4.12. The van der Waals surface area contributed by atoms with Crippen LogP contribution in [0.25, 0.3) is 10.2 Å². The first-order valence-electron chi connectivity index (χ1n) is 8.60. The number of aromatic nitrogens is 3. The number of benzene rings is 1. The molecule has 1 saturated heterocycles. The average Bonchev–Trinajstić information content (AvgIpc) is 3.29. The minimum atomic E-state index is -0.304. The van der Waals surface area contributed by atoms with Crippen LogP contribution in [0.15, 0.2) is 30.7 Å². The highest BCUT2D eigenvalue weighted by molar-refractivity contribution is 7.22. The van der Waals surface area contributed by atoms with E-state index >= 15 is 0 Å². The van der Waals surface area contributed by atoms with E-state index in [1.165, 1.54) is 23.5 Å². The molecule has 0 aliphatic carbocycles. The number of aromatic amines is 1. The highest BCUT2D eigenvalue weighted by Gasteiger charge is 2.25. The SMILES string of the molecule is O=C(CC1CCOCC1)N(Cc1cnc[nH]1)c1nc2ccc(F)cc2s1. The second kappa shape index (κ2) is 7.51. The Morgan fingerprint density at radius 1 is 1.38 bits per heavy atom. The second-order valence-corrected chi connectivity index (χ2v) is 7.43. The molecule has 1 N–H and O–H groups in total. The molecule has 0 atom stereocenters. The zero-order valence-electron chi connectivity index (χ0n) is 14.2. The van der Waals surface area contributed by atoms with Crippen molar-refractivity contribution in [2.45, 2.75) is 25.8 Å². The molecule has 3 aromatic rings. The number of thiazole rings is 1. The predicted octanol–water partition coefficient (Wildman–Crippen LogP) is 3.51. The third-order valence-electron chi connectivity index (χ3n) is 4.56. The van der Waals surface area contributed by atoms with Gasteiger partial charge in [-0.1, -0.05) is 11.3 Å². The molecule has 3 heterocycles. The van der Waals surface area contributed by atoms with Crippen LogP contribution in [0.5, 0.6) is 0 Å². The normalized spacial score (nSPS) is 15.4. The summed E-state index contributed by atoms with van der Waals surface area (Å²) in [4.78, 5) is 26.3. The molecule has 0 bridgehead atoms. The van der Waals surface area contributed by atoms with E-state index in [4.69, 9.17) is 4.74 Å². The zero-order valence-corrected chi connectivity index (χ0v) is 15.0. The molecule has 1 fully saturated rings. The lowest BCUT2D eigenvalue weighted by atomic mass is 9.96. The standard InChI is InChI=1S/C18H19FN4O2S/c19-13-1-2-15-16(8-13)26-18(22-15)23(10-14-9-20-11-21-14)17(24)7-12-3-5-25-6-4-12/h1-2,8-9,11-12H,3-7,10H2,(H,20,21). The number of nitrogens with zero attached hydrogens (tertiary/aromatic N) is 3. The molecule has 1 aromatic carbocycles. The number of halogens is 1. The molecule has 8 heteroatoms. The van der Waals surface area contributed by atoms with Gasteiger partial charge in [0.15, 0.2) is 5.13 Å². The van der Waals surface area contributed by atoms with Crippen LogP contribution in [0.1, 0.15) is 25.0 Å². The lowest BCUT2D eigenvalue weighted by molar-refractivity contribution is -0.120. The highest BCUT2D eigenvalue weighted by Crippen LogP contribution is 2.31. The number of fused-ring (bicyclic) bond motifs is 1. The summed E-state index contributed by atoms with van der Waals surface area (Å²) < 4.78 is 19.6. The summed E-state index contributed by atoms with van der Waals surface area (Å²) in [6.45, 7) is 1.78. The number of carbonyl (C=O) groups excluding carboxylic acids is 1. The first kappa shape index (κ1) is 17.1. The van der Waals surface area contributed by atoms with Crippen molar-refractivity contribution in [2.24, 2.45) is 5.92 Å². The fourth-order valence-electron chi connectivity index (χ4n) is 3.11. The Bertz CT molecular complexity index is 890. The number of amides is 1. The molecule has 26 heavy (non-hydrogen) atoms. The summed E-state index contributed by atoms with van der Waals surface area (Å²) in [7, 11) is 0. The number of hydrogen-bond donors (Lipinski definition) is 1. The van der Waals surface area contributed by atoms with Crippen molar-refractivity contribution in [3.05, 3.63) is 42.2 Å². The lowest BCUT2D eigenvalue weighted by Crippen LogP contribution is -2.33. The van der Waals surface area contributed by atoms with Crippen LogP contribution in [0, 0.1) is 11.7 Å². The molecule has 0 unspecified atom stereocenters. The first-order chi connectivity index (χ1) is 12.7. The Hall–Kier alpha value is -2.32. The van der Waals surface area contributed by atoms with Crippen molar-refractivity contribution >= 4 is 32.6 Å². The number of nitrogens with one attached hydrogen (secondary N) is 1. The molecule has 1 aliphatic heterocycles. The van der Waals surface area contributed by atoms with E-state index in [1.807, 2.05) is 0 Å². The highest BCUT2D eigenvalue weighted by atomic mass is 32.1. The molecule has 6 nitrogen and oxygen atoms in total. The quantitative estimate of drug-likeness (QED) is 0.742. The number of H-pyrrole nitrogens is 1. The Morgan fingerprint density at radius 3 is 3.00 bits per heavy atom. The van der Waals surface area contributed by atoms with Gasteiger partial charge >= 0.3 is 0 Å². The Morgan fingerprint density at radius 2 is 2.23 bits per heavy atom. The van der Waals surface area contributed by atoms with Gasteiger partial charge in [-0.15, -0.1) is 0 Å². The molecule has 4 rings (SSSR count). The van der Waals surface area contributed by atoms with Gasteiger partial charge in [-0.2, -0.15) is 0 Å². The lowest BCUT2D eigenvalue weighted by Gasteiger charge is -2.25. The van der Waals surface area contributed by atoms with Crippen LogP contribution >= 0.6 is 11.3 Å². The molecule has 0 radical (unpaired) electrons. The maximum atomic E-state index is 13.5. The molecule has 2 aromatic heterocycles. The minimum absolute atomic E-state index is 0.0195. The third-order valence-corrected chi connectivity index (χ3v) is 5.60. The predicted molar refractivity (Wildman–Crippen MR) is 97.5 cm³/mol. The van der Waals surface area contributed by atoms with Crippen LogP contribution in [0.3, 0.4) is 0 Å². The summed E-state index contributed by atoms with van der Waals surface area (Å²) in [5, 5.41) is 0.581. The summed E-state index contributed by atoms with van der Waals surface area (Å²) in [6, 6.07) is 4.48. The molecular weight excluding hydrogens is 355 g/mol. The minimum Gasteiger partial charge on any atom is -0.381 e. The van der Waals surface area contributed by atoms with Crippen molar-refractivity contribution in [1.82, 2.24) is 15.0 Å². The van der Waals surface area contributed by atoms with Crippen LogP contribution in [0.2, 0.25) is 0 Å². The maximum Gasteiger partial charge on any atom is 0.229 e. The molecule has 0 spiro atoms. The van der Waals surface area contributed by atoms with Gasteiger partial charge in [-0.05, 0) is 37.0 Å². The van der Waals surface area contributed by atoms with E-state index in [0.717, 1.165) is 23.2 Å². The number of carbonyl (C=O) groups is 1. The largest absolute Gasteiger partial charge is 0.381 e. The van der Waals surface area contributed by atoms with Gasteiger partial charge in [0.1, 0.15) is 5.82 Å². The van der Waals surface area contributed by atoms with Crippen LogP contribution in [-0.4, -0.2) is 34.1 Å². The van der Waals surface area contributed by atoms with Gasteiger partial charge in [-0.25, -0.2) is 14.4 Å². The topological polar surface area (TPSA) is 71.1 Å². The van der Waals surface area contributed by atoms with E-state index in [9.17, 15) is 9.18 Å². The van der Waals surface area contributed by atoms with E-state index in [2.05, 4.69) is 15.0 Å². The second-order valence-electron chi connectivity index (χ2n) is 6.43. The first-order valence-corrected chi connectivity index (χ1v) is 9.42. The van der Waals surface area contributed by atoms with Crippen molar-refractivity contribution < 1.29 is 13.9 Å². The Kier molecular flexibility index (Phi) is 4.94. The Balaban J connectivity index is 1.61. The number of imidazole rings is 1. The van der Waals surface area contributed by atoms with E-state index in [-0.39, 0.29) is 11.7 Å². The van der Waals surface area contributed by atoms with Crippen molar-refractivity contribution in [3.63, 3.8) is 0 Å². The van der Waals surface area contributed by atoms with E-state index < -0.39 is 0 Å². The summed E-state index contributed by atoms with van der Waals surface area (Å²) in [6.07, 6.45) is 5.54. The van der Waals surface area contributed by atoms with Gasteiger partial charge in [0, 0.05) is 25.8 Å². The summed E-state index contributed by atoms with van der Waals surface area (Å²) >= 11 is 1.33. The van der Waals surface area contributed by atoms with E-state index in [0.29, 0.717) is 42.7 Å². The van der Waals surface area contributed by atoms with Crippen molar-refractivity contribution in [3.8, 4) is 0 Å². The number of rotatable bonds is 5. The monoisotopic (exact) mass is 374 g/mol. The summed E-state index contributed by atoms with van der Waals surface area (Å²) in [5.74, 6) is 0.0414. The average molecular weight is 374 g/mol. The Labute approximate surface area is 154 Å². The van der Waals surface area contributed by atoms with Gasteiger partial charge in [0.2, 0.25) is 5.91 Å². The molecule has 0 saturated carbocycles.